The van der Waals surface area contributed by atoms with Crippen LogP contribution in [0.3, 0.4) is 0 Å². The second-order valence-corrected chi connectivity index (χ2v) is 11.9. The normalized spacial score (nSPS) is 17.4. The highest BCUT2D eigenvalue weighted by Crippen LogP contribution is 2.31. The smallest absolute Gasteiger partial charge is 0.317 e. The lowest BCUT2D eigenvalue weighted by Gasteiger charge is -2.31. The lowest BCUT2D eigenvalue weighted by atomic mass is 9.97. The van der Waals surface area contributed by atoms with Gasteiger partial charge in [0.2, 0.25) is 5.13 Å². The number of aromatic nitrogens is 3. The molecule has 2 aromatic heterocycles. The minimum absolute atomic E-state index is 0.0285. The molecule has 0 radical (unpaired) electrons. The summed E-state index contributed by atoms with van der Waals surface area (Å²) in [5.74, 6) is 0.0148. The Morgan fingerprint density at radius 1 is 1.18 bits per heavy atom. The number of amides is 3. The molecular formula is C24H34N6O2S2. The number of rotatable bonds is 6. The number of carbonyl (C=O) groups is 2. The van der Waals surface area contributed by atoms with E-state index < -0.39 is 0 Å². The standard InChI is InChI=1S/C24H34N6O2S2/c1-24(2,3)21-28-29-22(34-21)27-19(31)18-15-33-20(26-18)17-10-13-30(14-11-17)23(32)25-12-9-16-7-5-4-6-8-16/h7,15,17H,4-6,8-14H2,1-3H3,(H,25,32)(H,27,29,31). The maximum Gasteiger partial charge on any atom is 0.317 e. The highest BCUT2D eigenvalue weighted by Gasteiger charge is 2.27. The molecule has 1 saturated heterocycles. The first-order valence-corrected chi connectivity index (χ1v) is 13.8. The third kappa shape index (κ3) is 6.41. The van der Waals surface area contributed by atoms with Crippen molar-refractivity contribution < 1.29 is 9.59 Å². The Kier molecular flexibility index (Phi) is 7.98. The van der Waals surface area contributed by atoms with Gasteiger partial charge in [-0.2, -0.15) is 0 Å². The predicted octanol–water partition coefficient (Wildman–Crippen LogP) is 5.32. The van der Waals surface area contributed by atoms with Crippen LogP contribution in [0.25, 0.3) is 0 Å². The van der Waals surface area contributed by atoms with Crippen molar-refractivity contribution in [2.24, 2.45) is 0 Å². The fourth-order valence-electron chi connectivity index (χ4n) is 4.22. The molecule has 2 N–H and O–H groups in total. The average molecular weight is 503 g/mol. The third-order valence-corrected chi connectivity index (χ3v) is 8.55. The summed E-state index contributed by atoms with van der Waals surface area (Å²) in [7, 11) is 0. The minimum atomic E-state index is -0.260. The highest BCUT2D eigenvalue weighted by molar-refractivity contribution is 7.15. The van der Waals surface area contributed by atoms with Gasteiger partial charge in [-0.25, -0.2) is 9.78 Å². The zero-order chi connectivity index (χ0) is 24.1. The third-order valence-electron chi connectivity index (χ3n) is 6.28. The molecule has 0 unspecified atom stereocenters. The number of nitrogens with zero attached hydrogens (tertiary/aromatic N) is 4. The molecule has 0 atom stereocenters. The summed E-state index contributed by atoms with van der Waals surface area (Å²) < 4.78 is 0. The molecule has 0 bridgehead atoms. The van der Waals surface area contributed by atoms with Gasteiger partial charge in [-0.1, -0.05) is 43.8 Å². The van der Waals surface area contributed by atoms with Crippen molar-refractivity contribution in [3.8, 4) is 0 Å². The number of allylic oxidation sites excluding steroid dienone is 1. The van der Waals surface area contributed by atoms with Crippen LogP contribution in [-0.2, 0) is 5.41 Å². The lowest BCUT2D eigenvalue weighted by Crippen LogP contribution is -2.44. The average Bonchev–Trinajstić information content (AvgIpc) is 3.50. The molecule has 1 aliphatic heterocycles. The molecule has 8 nitrogen and oxygen atoms in total. The molecule has 3 heterocycles. The van der Waals surface area contributed by atoms with E-state index in [1.165, 1.54) is 53.9 Å². The van der Waals surface area contributed by atoms with Crippen molar-refractivity contribution in [3.05, 3.63) is 32.7 Å². The van der Waals surface area contributed by atoms with E-state index in [1.807, 2.05) is 4.90 Å². The number of thiazole rings is 1. The number of urea groups is 1. The number of anilines is 1. The summed E-state index contributed by atoms with van der Waals surface area (Å²) in [5, 5.41) is 18.3. The fourth-order valence-corrected chi connectivity index (χ4v) is 5.99. The van der Waals surface area contributed by atoms with E-state index in [4.69, 9.17) is 0 Å². The molecule has 1 aliphatic carbocycles. The van der Waals surface area contributed by atoms with Crippen LogP contribution >= 0.6 is 22.7 Å². The zero-order valence-corrected chi connectivity index (χ0v) is 21.9. The van der Waals surface area contributed by atoms with Crippen LogP contribution in [0.4, 0.5) is 9.93 Å². The molecule has 0 aromatic carbocycles. The first-order chi connectivity index (χ1) is 16.3. The zero-order valence-electron chi connectivity index (χ0n) is 20.2. The summed E-state index contributed by atoms with van der Waals surface area (Å²) in [6, 6.07) is 0.0285. The Labute approximate surface area is 209 Å². The summed E-state index contributed by atoms with van der Waals surface area (Å²) in [6.45, 7) is 8.32. The molecule has 0 spiro atoms. The van der Waals surface area contributed by atoms with Gasteiger partial charge in [-0.3, -0.25) is 10.1 Å². The molecule has 2 aliphatic rings. The van der Waals surface area contributed by atoms with Gasteiger partial charge in [-0.05, 0) is 44.9 Å². The van der Waals surface area contributed by atoms with Crippen LogP contribution < -0.4 is 10.6 Å². The Hall–Kier alpha value is -2.33. The largest absolute Gasteiger partial charge is 0.338 e. The van der Waals surface area contributed by atoms with Crippen molar-refractivity contribution >= 4 is 39.7 Å². The number of likely N-dealkylation sites (tertiary alicyclic amines) is 1. The monoisotopic (exact) mass is 502 g/mol. The van der Waals surface area contributed by atoms with Crippen LogP contribution in [0.2, 0.25) is 0 Å². The summed E-state index contributed by atoms with van der Waals surface area (Å²) in [4.78, 5) is 31.7. The van der Waals surface area contributed by atoms with E-state index in [0.717, 1.165) is 29.3 Å². The van der Waals surface area contributed by atoms with Crippen molar-refractivity contribution in [1.29, 1.82) is 0 Å². The molecule has 34 heavy (non-hydrogen) atoms. The molecule has 0 saturated carbocycles. The van der Waals surface area contributed by atoms with E-state index in [1.54, 1.807) is 5.38 Å². The maximum absolute atomic E-state index is 12.6. The van der Waals surface area contributed by atoms with Crippen LogP contribution in [0.15, 0.2) is 17.0 Å². The van der Waals surface area contributed by atoms with Gasteiger partial charge in [0.1, 0.15) is 10.7 Å². The molecular weight excluding hydrogens is 468 g/mol. The van der Waals surface area contributed by atoms with E-state index in [-0.39, 0.29) is 23.3 Å². The summed E-state index contributed by atoms with van der Waals surface area (Å²) in [6.07, 6.45) is 9.93. The molecule has 10 heteroatoms. The Balaban J connectivity index is 1.23. The van der Waals surface area contributed by atoms with Gasteiger partial charge in [0, 0.05) is 36.3 Å². The highest BCUT2D eigenvalue weighted by atomic mass is 32.1. The minimum Gasteiger partial charge on any atom is -0.338 e. The van der Waals surface area contributed by atoms with Crippen molar-refractivity contribution in [3.63, 3.8) is 0 Å². The van der Waals surface area contributed by atoms with Crippen LogP contribution in [0.1, 0.15) is 92.1 Å². The molecule has 3 amide bonds. The second-order valence-electron chi connectivity index (χ2n) is 10.0. The van der Waals surface area contributed by atoms with E-state index in [0.29, 0.717) is 30.5 Å². The van der Waals surface area contributed by atoms with Crippen LogP contribution in [-0.4, -0.2) is 51.7 Å². The molecule has 184 valence electrons. The Morgan fingerprint density at radius 2 is 1.97 bits per heavy atom. The first-order valence-electron chi connectivity index (χ1n) is 12.1. The number of hydrogen-bond acceptors (Lipinski definition) is 7. The summed E-state index contributed by atoms with van der Waals surface area (Å²) >= 11 is 2.90. The Bertz CT molecular complexity index is 1030. The van der Waals surface area contributed by atoms with Crippen molar-refractivity contribution in [1.82, 2.24) is 25.4 Å². The van der Waals surface area contributed by atoms with Gasteiger partial charge in [0.15, 0.2) is 0 Å². The van der Waals surface area contributed by atoms with Gasteiger partial charge in [-0.15, -0.1) is 21.5 Å². The number of piperidine rings is 1. The van der Waals surface area contributed by atoms with E-state index in [2.05, 4.69) is 52.7 Å². The summed E-state index contributed by atoms with van der Waals surface area (Å²) in [5.41, 5.74) is 1.78. The van der Waals surface area contributed by atoms with Gasteiger partial charge < -0.3 is 10.2 Å². The molecule has 4 rings (SSSR count). The molecule has 1 fully saturated rings. The van der Waals surface area contributed by atoms with Gasteiger partial charge in [0.05, 0.1) is 5.01 Å². The van der Waals surface area contributed by atoms with Gasteiger partial charge in [0.25, 0.3) is 5.91 Å². The quantitative estimate of drug-likeness (QED) is 0.521. The fraction of sp³-hybridized carbons (Fsp3) is 0.625. The number of nitrogens with one attached hydrogen (secondary N) is 2. The Morgan fingerprint density at radius 3 is 2.65 bits per heavy atom. The number of carbonyl (C=O) groups excluding carboxylic acids is 2. The van der Waals surface area contributed by atoms with Crippen molar-refractivity contribution in [2.45, 2.75) is 77.0 Å². The lowest BCUT2D eigenvalue weighted by molar-refractivity contribution is 0.102. The van der Waals surface area contributed by atoms with Crippen molar-refractivity contribution in [2.75, 3.05) is 25.0 Å². The van der Waals surface area contributed by atoms with Crippen LogP contribution in [0.5, 0.6) is 0 Å². The van der Waals surface area contributed by atoms with E-state index >= 15 is 0 Å². The topological polar surface area (TPSA) is 100 Å². The molecule has 2 aromatic rings. The SMILES string of the molecule is CC(C)(C)c1nnc(NC(=O)c2csc(C3CCN(C(=O)NCCC4=CCCCC4)CC3)n2)s1. The predicted molar refractivity (Wildman–Crippen MR) is 137 cm³/mol. The van der Waals surface area contributed by atoms with Gasteiger partial charge >= 0.3 is 6.03 Å². The maximum atomic E-state index is 12.6. The first kappa shape index (κ1) is 24.8. The number of hydrogen-bond donors (Lipinski definition) is 2. The second kappa shape index (κ2) is 10.9. The van der Waals surface area contributed by atoms with E-state index in [9.17, 15) is 9.59 Å². The van der Waals surface area contributed by atoms with Crippen LogP contribution in [0, 0.1) is 0 Å².